The minimum absolute atomic E-state index is 0. The Labute approximate surface area is 182 Å². The van der Waals surface area contributed by atoms with E-state index in [0.717, 1.165) is 0 Å². The molecule has 0 aliphatic heterocycles. The Bertz CT molecular complexity index is 252. The first-order chi connectivity index (χ1) is 13.1. The highest BCUT2D eigenvalue weighted by molar-refractivity contribution is 5.75. The second kappa shape index (κ2) is 23.3. The maximum Gasteiger partial charge on any atom is 0.0814 e. The second-order valence-electron chi connectivity index (χ2n) is 9.75. The van der Waals surface area contributed by atoms with Crippen molar-refractivity contribution >= 4 is 8.41 Å². The van der Waals surface area contributed by atoms with Crippen molar-refractivity contribution in [3.63, 3.8) is 0 Å². The molecule has 0 bridgehead atoms. The summed E-state index contributed by atoms with van der Waals surface area (Å²) in [6, 6.07) is 0. The van der Waals surface area contributed by atoms with E-state index in [0.29, 0.717) is 0 Å². The van der Waals surface area contributed by atoms with Gasteiger partial charge in [-0.1, -0.05) is 117 Å². The molecule has 1 nitrogen and oxygen atoms in total. The lowest BCUT2D eigenvalue weighted by Crippen LogP contribution is -2.41. The monoisotopic (exact) mass is 396 g/mol. The summed E-state index contributed by atoms with van der Waals surface area (Å²) in [7, 11) is 4.89. The molecule has 0 unspecified atom stereocenters. The van der Waals surface area contributed by atoms with Gasteiger partial charge in [0.15, 0.2) is 0 Å². The lowest BCUT2D eigenvalue weighted by Gasteiger charge is -2.30. The van der Waals surface area contributed by atoms with Crippen molar-refractivity contribution < 1.29 is 4.48 Å². The van der Waals surface area contributed by atoms with E-state index >= 15 is 0 Å². The number of hydrogen-bond acceptors (Lipinski definition) is 0. The summed E-state index contributed by atoms with van der Waals surface area (Å²) in [4.78, 5) is 0. The average molecular weight is 397 g/mol. The van der Waals surface area contributed by atoms with E-state index in [1.807, 2.05) is 0 Å². The zero-order valence-electron chi connectivity index (χ0n) is 20.0. The molecule has 0 fully saturated rings. The maximum atomic E-state index is 2.45. The summed E-state index contributed by atoms with van der Waals surface area (Å²) < 4.78 is 1.24. The fraction of sp³-hybridized carbons (Fsp3) is 1.00. The largest absolute Gasteiger partial charge is 0.328 e. The van der Waals surface area contributed by atoms with Gasteiger partial charge in [0.1, 0.15) is 0 Å². The van der Waals surface area contributed by atoms with Gasteiger partial charge in [0.05, 0.1) is 35.6 Å². The molecule has 0 heterocycles. The fourth-order valence-corrected chi connectivity index (χ4v) is 4.17. The van der Waals surface area contributed by atoms with Crippen LogP contribution < -0.4 is 0 Å². The van der Waals surface area contributed by atoms with Crippen LogP contribution in [0.2, 0.25) is 0 Å². The smallest absolute Gasteiger partial charge is 0.0814 e. The molecule has 0 amide bonds. The number of unbranched alkanes of at least 4 members (excludes halogenated alkanes) is 18. The Morgan fingerprint density at radius 3 is 0.821 bits per heavy atom. The third-order valence-corrected chi connectivity index (χ3v) is 6.23. The van der Waals surface area contributed by atoms with Crippen LogP contribution in [-0.4, -0.2) is 40.1 Å². The third kappa shape index (κ3) is 24.1. The molecule has 28 heavy (non-hydrogen) atoms. The van der Waals surface area contributed by atoms with Gasteiger partial charge in [0.25, 0.3) is 0 Å². The molecule has 0 aliphatic carbocycles. The SMILES string of the molecule is B.CCCCCCCCCCCC[N+](C)(C)CCCCCCCCCCCC. The number of hydrogen-bond donors (Lipinski definition) is 0. The second-order valence-corrected chi connectivity index (χ2v) is 9.75. The number of nitrogens with zero attached hydrogens (tertiary/aromatic N) is 1. The van der Waals surface area contributed by atoms with Crippen LogP contribution in [0.3, 0.4) is 0 Å². The van der Waals surface area contributed by atoms with Crippen LogP contribution in [0.25, 0.3) is 0 Å². The molecular weight excluding hydrogens is 337 g/mol. The lowest BCUT2D eigenvalue weighted by molar-refractivity contribution is -0.890. The van der Waals surface area contributed by atoms with Gasteiger partial charge in [-0.2, -0.15) is 0 Å². The van der Waals surface area contributed by atoms with Crippen LogP contribution in [0.5, 0.6) is 0 Å². The number of quaternary nitrogens is 1. The molecule has 170 valence electrons. The Hall–Kier alpha value is 0.0249. The minimum atomic E-state index is 0. The van der Waals surface area contributed by atoms with E-state index in [2.05, 4.69) is 27.9 Å². The highest BCUT2D eigenvalue weighted by Crippen LogP contribution is 2.14. The highest BCUT2D eigenvalue weighted by Gasteiger charge is 2.13. The zero-order chi connectivity index (χ0) is 20.1. The number of rotatable bonds is 22. The maximum absolute atomic E-state index is 2.45. The van der Waals surface area contributed by atoms with Gasteiger partial charge in [0, 0.05) is 0 Å². The Balaban J connectivity index is 0. The molecule has 0 rings (SSSR count). The van der Waals surface area contributed by atoms with Gasteiger partial charge >= 0.3 is 0 Å². The van der Waals surface area contributed by atoms with E-state index in [1.165, 1.54) is 146 Å². The molecule has 0 aliphatic rings. The molecule has 2 heteroatoms. The molecule has 0 N–H and O–H groups in total. The van der Waals surface area contributed by atoms with E-state index in [-0.39, 0.29) is 8.41 Å². The zero-order valence-corrected chi connectivity index (χ0v) is 20.0. The van der Waals surface area contributed by atoms with Crippen LogP contribution in [0.15, 0.2) is 0 Å². The summed E-state index contributed by atoms with van der Waals surface area (Å²) in [5.74, 6) is 0. The molecule has 0 atom stereocenters. The molecule has 0 aromatic rings. The Morgan fingerprint density at radius 1 is 0.357 bits per heavy atom. The molecular formula is C26H59BN+. The molecule has 0 radical (unpaired) electrons. The standard InChI is InChI=1S/C26H56N.BH3/c1-5-7-9-11-13-15-17-19-21-23-25-27(3,4)26-24-22-20-18-16-14-12-10-8-6-2;/h5-26H2,1-4H3;1H3/q+1;. The van der Waals surface area contributed by atoms with Crippen molar-refractivity contribution in [2.45, 2.75) is 142 Å². The highest BCUT2D eigenvalue weighted by atomic mass is 15.3. The van der Waals surface area contributed by atoms with Crippen LogP contribution >= 0.6 is 0 Å². The van der Waals surface area contributed by atoms with Gasteiger partial charge in [0.2, 0.25) is 0 Å². The third-order valence-electron chi connectivity index (χ3n) is 6.23. The first-order valence-corrected chi connectivity index (χ1v) is 12.9. The minimum Gasteiger partial charge on any atom is -0.328 e. The Morgan fingerprint density at radius 2 is 0.571 bits per heavy atom. The van der Waals surface area contributed by atoms with E-state index in [9.17, 15) is 0 Å². The summed E-state index contributed by atoms with van der Waals surface area (Å²) >= 11 is 0. The Kier molecular flexibility index (Phi) is 25.2. The molecule has 0 saturated heterocycles. The van der Waals surface area contributed by atoms with E-state index in [4.69, 9.17) is 0 Å². The van der Waals surface area contributed by atoms with Crippen molar-refractivity contribution in [1.29, 1.82) is 0 Å². The van der Waals surface area contributed by atoms with Gasteiger partial charge in [-0.3, -0.25) is 0 Å². The molecule has 0 aromatic carbocycles. The average Bonchev–Trinajstić information content (AvgIpc) is 2.64. The molecule has 0 spiro atoms. The van der Waals surface area contributed by atoms with E-state index in [1.54, 1.807) is 0 Å². The van der Waals surface area contributed by atoms with Gasteiger partial charge in [-0.05, 0) is 25.7 Å². The van der Waals surface area contributed by atoms with Gasteiger partial charge in [-0.15, -0.1) is 0 Å². The summed E-state index contributed by atoms with van der Waals surface area (Å²) in [6.07, 6.45) is 29.0. The topological polar surface area (TPSA) is 0 Å². The van der Waals surface area contributed by atoms with Gasteiger partial charge < -0.3 is 4.48 Å². The first-order valence-electron chi connectivity index (χ1n) is 12.9. The lowest BCUT2D eigenvalue weighted by atomic mass is 10.1. The van der Waals surface area contributed by atoms with Crippen LogP contribution in [0.1, 0.15) is 142 Å². The quantitative estimate of drug-likeness (QED) is 0.0998. The van der Waals surface area contributed by atoms with Crippen molar-refractivity contribution in [3.05, 3.63) is 0 Å². The first kappa shape index (κ1) is 30.2. The van der Waals surface area contributed by atoms with Gasteiger partial charge in [-0.25, -0.2) is 0 Å². The van der Waals surface area contributed by atoms with Crippen molar-refractivity contribution in [3.8, 4) is 0 Å². The van der Waals surface area contributed by atoms with Crippen LogP contribution in [0, 0.1) is 0 Å². The van der Waals surface area contributed by atoms with Crippen LogP contribution in [-0.2, 0) is 0 Å². The molecule has 0 saturated carbocycles. The van der Waals surface area contributed by atoms with Crippen molar-refractivity contribution in [1.82, 2.24) is 0 Å². The van der Waals surface area contributed by atoms with Crippen LogP contribution in [0.4, 0.5) is 0 Å². The molecule has 0 aromatic heterocycles. The normalized spacial score (nSPS) is 11.6. The van der Waals surface area contributed by atoms with Crippen molar-refractivity contribution in [2.75, 3.05) is 27.2 Å². The predicted octanol–water partition coefficient (Wildman–Crippen LogP) is 7.72. The van der Waals surface area contributed by atoms with Crippen molar-refractivity contribution in [2.24, 2.45) is 0 Å². The summed E-state index contributed by atoms with van der Waals surface area (Å²) in [5, 5.41) is 0. The summed E-state index contributed by atoms with van der Waals surface area (Å²) in [6.45, 7) is 7.37. The summed E-state index contributed by atoms with van der Waals surface area (Å²) in [5.41, 5.74) is 0. The van der Waals surface area contributed by atoms with E-state index < -0.39 is 0 Å². The predicted molar refractivity (Wildman–Crippen MR) is 135 cm³/mol. The fourth-order valence-electron chi connectivity index (χ4n) is 4.17.